The van der Waals surface area contributed by atoms with E-state index >= 15 is 0 Å². The third-order valence-electron chi connectivity index (χ3n) is 3.59. The summed E-state index contributed by atoms with van der Waals surface area (Å²) in [4.78, 5) is 11.3. The molecule has 0 atom stereocenters. The van der Waals surface area contributed by atoms with E-state index in [0.717, 1.165) is 0 Å². The van der Waals surface area contributed by atoms with Gasteiger partial charge in [-0.15, -0.1) is 10.2 Å². The summed E-state index contributed by atoms with van der Waals surface area (Å²) in [5, 5.41) is 17.3. The summed E-state index contributed by atoms with van der Waals surface area (Å²) < 4.78 is 24.4. The quantitative estimate of drug-likeness (QED) is 0.876. The van der Waals surface area contributed by atoms with Gasteiger partial charge in [0.1, 0.15) is 21.4 Å². The van der Waals surface area contributed by atoms with Crippen LogP contribution in [0.3, 0.4) is 0 Å². The molecule has 3 heterocycles. The molecule has 0 aliphatic carbocycles. The summed E-state index contributed by atoms with van der Waals surface area (Å²) in [6.45, 7) is 0. The van der Waals surface area contributed by atoms with Crippen molar-refractivity contribution in [3.63, 3.8) is 0 Å². The summed E-state index contributed by atoms with van der Waals surface area (Å²) in [6.07, 6.45) is 0.911. The highest BCUT2D eigenvalue weighted by Crippen LogP contribution is 2.28. The zero-order chi connectivity index (χ0) is 14.3. The molecule has 106 valence electrons. The molecule has 1 fully saturated rings. The average Bonchev–Trinajstić information content (AvgIpc) is 2.82. The molecule has 0 unspecified atom stereocenters. The highest BCUT2D eigenvalue weighted by atomic mass is 32.2. The van der Waals surface area contributed by atoms with Gasteiger partial charge in [0.2, 0.25) is 0 Å². The molecule has 0 spiro atoms. The van der Waals surface area contributed by atoms with Crippen molar-refractivity contribution < 1.29 is 18.3 Å². The Hall–Kier alpha value is -1.96. The van der Waals surface area contributed by atoms with Gasteiger partial charge in [-0.05, 0) is 25.0 Å². The van der Waals surface area contributed by atoms with Crippen LogP contribution in [0.1, 0.15) is 35.1 Å². The number of sulfone groups is 1. The van der Waals surface area contributed by atoms with Gasteiger partial charge in [-0.3, -0.25) is 4.40 Å². The Labute approximate surface area is 115 Å². The van der Waals surface area contributed by atoms with E-state index in [9.17, 15) is 18.3 Å². The first kappa shape index (κ1) is 13.0. The molecule has 1 aliphatic heterocycles. The fourth-order valence-electron chi connectivity index (χ4n) is 2.54. The molecule has 7 nitrogen and oxygen atoms in total. The molecule has 2 aromatic heterocycles. The van der Waals surface area contributed by atoms with Crippen LogP contribution in [0.2, 0.25) is 0 Å². The lowest BCUT2D eigenvalue weighted by Crippen LogP contribution is -2.24. The Balaban J connectivity index is 2.07. The van der Waals surface area contributed by atoms with Gasteiger partial charge >= 0.3 is 5.97 Å². The van der Waals surface area contributed by atoms with Crippen molar-refractivity contribution in [3.05, 3.63) is 29.7 Å². The van der Waals surface area contributed by atoms with Crippen molar-refractivity contribution in [1.82, 2.24) is 14.6 Å². The Morgan fingerprint density at radius 1 is 1.25 bits per heavy atom. The van der Waals surface area contributed by atoms with Crippen molar-refractivity contribution in [2.24, 2.45) is 0 Å². The number of carboxylic acid groups (broad SMARTS) is 1. The number of hydrogen-bond donors (Lipinski definition) is 1. The van der Waals surface area contributed by atoms with Gasteiger partial charge in [0, 0.05) is 5.92 Å². The van der Waals surface area contributed by atoms with Crippen LogP contribution in [0.4, 0.5) is 0 Å². The predicted molar refractivity (Wildman–Crippen MR) is 70.6 cm³/mol. The van der Waals surface area contributed by atoms with E-state index in [2.05, 4.69) is 10.2 Å². The summed E-state index contributed by atoms with van der Waals surface area (Å²) in [5.41, 5.74) is 0.560. The number of aromatic carboxylic acids is 1. The standard InChI is InChI=1S/C12H13N3O4S/c16-12(17)9-2-1-3-10-13-14-11(15(9)10)8-4-6-20(18,19)7-5-8/h1-3,8H,4-7H2,(H,16,17). The van der Waals surface area contributed by atoms with Crippen molar-refractivity contribution in [2.45, 2.75) is 18.8 Å². The first-order valence-electron chi connectivity index (χ1n) is 6.26. The number of nitrogens with zero attached hydrogens (tertiary/aromatic N) is 3. The van der Waals surface area contributed by atoms with Crippen LogP contribution < -0.4 is 0 Å². The van der Waals surface area contributed by atoms with Crippen molar-refractivity contribution in [1.29, 1.82) is 0 Å². The summed E-state index contributed by atoms with van der Waals surface area (Å²) in [7, 11) is -2.96. The highest BCUT2D eigenvalue weighted by Gasteiger charge is 2.29. The van der Waals surface area contributed by atoms with Crippen molar-refractivity contribution in [2.75, 3.05) is 11.5 Å². The molecule has 0 aromatic carbocycles. The molecule has 2 aromatic rings. The van der Waals surface area contributed by atoms with Crippen LogP contribution in [0.25, 0.3) is 5.65 Å². The maximum atomic E-state index is 11.5. The zero-order valence-corrected chi connectivity index (χ0v) is 11.4. The van der Waals surface area contributed by atoms with Gasteiger partial charge in [0.25, 0.3) is 0 Å². The van der Waals surface area contributed by atoms with Gasteiger partial charge in [0.15, 0.2) is 5.65 Å². The van der Waals surface area contributed by atoms with Gasteiger partial charge in [-0.2, -0.15) is 0 Å². The lowest BCUT2D eigenvalue weighted by atomic mass is 10.0. The van der Waals surface area contributed by atoms with Crippen LogP contribution in [-0.4, -0.2) is 45.6 Å². The number of hydrogen-bond acceptors (Lipinski definition) is 5. The molecule has 3 rings (SSSR count). The Morgan fingerprint density at radius 3 is 2.60 bits per heavy atom. The maximum Gasteiger partial charge on any atom is 0.352 e. The monoisotopic (exact) mass is 295 g/mol. The Morgan fingerprint density at radius 2 is 1.95 bits per heavy atom. The average molecular weight is 295 g/mol. The Kier molecular flexibility index (Phi) is 2.97. The third kappa shape index (κ3) is 2.15. The molecule has 0 bridgehead atoms. The second kappa shape index (κ2) is 4.55. The molecule has 20 heavy (non-hydrogen) atoms. The van der Waals surface area contributed by atoms with Crippen LogP contribution in [0.15, 0.2) is 18.2 Å². The topological polar surface area (TPSA) is 102 Å². The predicted octanol–water partition coefficient (Wildman–Crippen LogP) is 0.720. The number of carboxylic acids is 1. The van der Waals surface area contributed by atoms with Crippen LogP contribution in [0, 0.1) is 0 Å². The lowest BCUT2D eigenvalue weighted by molar-refractivity contribution is 0.0688. The smallest absolute Gasteiger partial charge is 0.352 e. The van der Waals surface area contributed by atoms with Gasteiger partial charge < -0.3 is 5.11 Å². The van der Waals surface area contributed by atoms with Crippen LogP contribution in [0.5, 0.6) is 0 Å². The molecule has 0 amide bonds. The minimum atomic E-state index is -2.96. The highest BCUT2D eigenvalue weighted by molar-refractivity contribution is 7.91. The molecule has 8 heteroatoms. The third-order valence-corrected chi connectivity index (χ3v) is 5.31. The fraction of sp³-hybridized carbons (Fsp3) is 0.417. The van der Waals surface area contributed by atoms with Crippen molar-refractivity contribution >= 4 is 21.5 Å². The second-order valence-corrected chi connectivity index (χ2v) is 7.20. The number of fused-ring (bicyclic) bond motifs is 1. The van der Waals surface area contributed by atoms with Gasteiger partial charge in [-0.25, -0.2) is 13.2 Å². The van der Waals surface area contributed by atoms with E-state index in [4.69, 9.17) is 0 Å². The second-order valence-electron chi connectivity index (χ2n) is 4.89. The maximum absolute atomic E-state index is 11.5. The van der Waals surface area contributed by atoms with E-state index in [1.807, 2.05) is 0 Å². The van der Waals surface area contributed by atoms with E-state index < -0.39 is 15.8 Å². The minimum absolute atomic E-state index is 0.0750. The summed E-state index contributed by atoms with van der Waals surface area (Å²) in [5.74, 6) is -0.370. The molecule has 0 radical (unpaired) electrons. The fourth-order valence-corrected chi connectivity index (χ4v) is 4.03. The van der Waals surface area contributed by atoms with Crippen molar-refractivity contribution in [3.8, 4) is 0 Å². The van der Waals surface area contributed by atoms with Crippen LogP contribution in [-0.2, 0) is 9.84 Å². The molecular weight excluding hydrogens is 282 g/mol. The molecular formula is C12H13N3O4S. The lowest BCUT2D eigenvalue weighted by Gasteiger charge is -2.20. The zero-order valence-electron chi connectivity index (χ0n) is 10.6. The molecule has 1 N–H and O–H groups in total. The van der Waals surface area contributed by atoms with Gasteiger partial charge in [0.05, 0.1) is 11.5 Å². The summed E-state index contributed by atoms with van der Waals surface area (Å²) >= 11 is 0. The molecule has 1 saturated heterocycles. The Bertz CT molecular complexity index is 767. The molecule has 1 aliphatic rings. The minimum Gasteiger partial charge on any atom is -0.477 e. The number of carbonyl (C=O) groups is 1. The van der Waals surface area contributed by atoms with Gasteiger partial charge in [-0.1, -0.05) is 6.07 Å². The van der Waals surface area contributed by atoms with Crippen LogP contribution >= 0.6 is 0 Å². The van der Waals surface area contributed by atoms with E-state index in [1.165, 1.54) is 10.5 Å². The summed E-state index contributed by atoms with van der Waals surface area (Å²) in [6, 6.07) is 4.78. The number of rotatable bonds is 2. The van der Waals surface area contributed by atoms with E-state index in [0.29, 0.717) is 24.3 Å². The molecule has 0 saturated carbocycles. The van der Waals surface area contributed by atoms with E-state index in [1.54, 1.807) is 12.1 Å². The SMILES string of the molecule is O=C(O)c1cccc2nnc(C3CCS(=O)(=O)CC3)n12. The number of aromatic nitrogens is 3. The number of pyridine rings is 1. The largest absolute Gasteiger partial charge is 0.477 e. The normalized spacial score (nSPS) is 19.2. The van der Waals surface area contributed by atoms with E-state index in [-0.39, 0.29) is 23.1 Å². The first-order chi connectivity index (χ1) is 9.48. The first-order valence-corrected chi connectivity index (χ1v) is 8.08.